The average molecular weight is 508 g/mol. The number of carbonyl (C=O) groups excluding carboxylic acids is 2. The molecule has 1 aliphatic carbocycles. The van der Waals surface area contributed by atoms with Crippen LogP contribution >= 0.6 is 12.6 Å². The minimum Gasteiger partial charge on any atom is -0.350 e. The highest BCUT2D eigenvalue weighted by Gasteiger charge is 2.60. The zero-order valence-electron chi connectivity index (χ0n) is 18.7. The van der Waals surface area contributed by atoms with Crippen molar-refractivity contribution in [2.24, 2.45) is 0 Å². The summed E-state index contributed by atoms with van der Waals surface area (Å²) in [6.45, 7) is 3.48. The van der Waals surface area contributed by atoms with Crippen LogP contribution in [0.25, 0.3) is 0 Å². The van der Waals surface area contributed by atoms with E-state index in [1.165, 1.54) is 18.2 Å². The maximum atomic E-state index is 14.9. The molecule has 2 aromatic rings. The zero-order chi connectivity index (χ0) is 25.7. The van der Waals surface area contributed by atoms with Gasteiger partial charge in [0.2, 0.25) is 0 Å². The predicted octanol–water partition coefficient (Wildman–Crippen LogP) is 4.24. The molecule has 2 fully saturated rings. The molecule has 1 aromatic carbocycles. The first-order valence-electron chi connectivity index (χ1n) is 10.8. The van der Waals surface area contributed by atoms with Crippen LogP contribution in [0.2, 0.25) is 0 Å². The second-order valence-corrected chi connectivity index (χ2v) is 9.23. The van der Waals surface area contributed by atoms with Gasteiger partial charge in [0.05, 0.1) is 23.0 Å². The first kappa shape index (κ1) is 24.8. The van der Waals surface area contributed by atoms with Gasteiger partial charge in [-0.15, -0.1) is 12.6 Å². The fourth-order valence-electron chi connectivity index (χ4n) is 4.43. The average Bonchev–Trinajstić information content (AvgIpc) is 2.98. The summed E-state index contributed by atoms with van der Waals surface area (Å²) in [4.78, 5) is 32.0. The van der Waals surface area contributed by atoms with Crippen LogP contribution in [-0.4, -0.2) is 33.9 Å². The number of amides is 2. The number of hydrogen-bond donors (Lipinski definition) is 2. The molecule has 1 unspecified atom stereocenters. The second-order valence-electron chi connectivity index (χ2n) is 8.77. The monoisotopic (exact) mass is 507 g/mol. The molecular formula is C23H21F4N5O2S. The van der Waals surface area contributed by atoms with Gasteiger partial charge in [0.15, 0.2) is 11.2 Å². The van der Waals surface area contributed by atoms with Gasteiger partial charge in [-0.2, -0.15) is 18.4 Å². The van der Waals surface area contributed by atoms with E-state index in [1.807, 2.05) is 0 Å². The standard InChI is InChI=1S/C23H21F4N5O2S/c1-12(2)30-19(33)15-5-4-13(9-17(15)24)32-21(35)31(20(34)22(32)6-3-7-22)14-8-16(23(25,26)27)18(10-28)29-11-14/h4-5,8-9,11-12,21,35H,3,6-7H2,1-2H3,(H,30,33). The van der Waals surface area contributed by atoms with E-state index >= 15 is 0 Å². The van der Waals surface area contributed by atoms with Crippen LogP contribution in [0.4, 0.5) is 28.9 Å². The van der Waals surface area contributed by atoms with Gasteiger partial charge in [0.1, 0.15) is 17.4 Å². The summed E-state index contributed by atoms with van der Waals surface area (Å²) in [7, 11) is 0. The fourth-order valence-corrected chi connectivity index (χ4v) is 5.03. The topological polar surface area (TPSA) is 89.3 Å². The Bertz CT molecular complexity index is 1240. The fraction of sp³-hybridized carbons (Fsp3) is 0.391. The SMILES string of the molecule is CC(C)NC(=O)c1ccc(N2C(S)N(c3cnc(C#N)c(C(F)(F)F)c3)C(=O)C23CCC3)cc1F. The summed E-state index contributed by atoms with van der Waals surface area (Å²) in [6, 6.07) is 5.81. The van der Waals surface area contributed by atoms with Crippen LogP contribution < -0.4 is 15.1 Å². The summed E-state index contributed by atoms with van der Waals surface area (Å²) >= 11 is 4.52. The molecule has 1 N–H and O–H groups in total. The normalized spacial score (nSPS) is 19.2. The number of rotatable bonds is 4. The molecule has 4 rings (SSSR count). The van der Waals surface area contributed by atoms with Gasteiger partial charge < -0.3 is 10.2 Å². The van der Waals surface area contributed by atoms with Crippen LogP contribution in [0, 0.1) is 17.1 Å². The van der Waals surface area contributed by atoms with Crippen LogP contribution in [0.3, 0.4) is 0 Å². The minimum atomic E-state index is -4.85. The molecular weight excluding hydrogens is 486 g/mol. The van der Waals surface area contributed by atoms with Crippen LogP contribution in [0.5, 0.6) is 0 Å². The van der Waals surface area contributed by atoms with Gasteiger partial charge >= 0.3 is 6.18 Å². The quantitative estimate of drug-likeness (QED) is 0.478. The van der Waals surface area contributed by atoms with Crippen molar-refractivity contribution < 1.29 is 27.2 Å². The molecule has 1 saturated heterocycles. The van der Waals surface area contributed by atoms with E-state index in [2.05, 4.69) is 22.9 Å². The Labute approximate surface area is 204 Å². The number of alkyl halides is 3. The van der Waals surface area contributed by atoms with Crippen molar-refractivity contribution in [3.8, 4) is 6.07 Å². The highest BCUT2D eigenvalue weighted by atomic mass is 32.1. The Balaban J connectivity index is 1.75. The number of hydrogen-bond acceptors (Lipinski definition) is 6. The van der Waals surface area contributed by atoms with Gasteiger partial charge in [-0.05, 0) is 57.4 Å². The smallest absolute Gasteiger partial charge is 0.350 e. The second kappa shape index (κ2) is 8.71. The molecule has 184 valence electrons. The van der Waals surface area contributed by atoms with Gasteiger partial charge in [-0.25, -0.2) is 9.37 Å². The molecule has 0 bridgehead atoms. The Morgan fingerprint density at radius 2 is 1.97 bits per heavy atom. The third-order valence-corrected chi connectivity index (χ3v) is 6.64. The van der Waals surface area contributed by atoms with E-state index < -0.39 is 46.1 Å². The number of thiol groups is 1. The predicted molar refractivity (Wildman–Crippen MR) is 122 cm³/mol. The minimum absolute atomic E-state index is 0.172. The Hall–Kier alpha value is -3.33. The number of carbonyl (C=O) groups is 2. The molecule has 35 heavy (non-hydrogen) atoms. The summed E-state index contributed by atoms with van der Waals surface area (Å²) in [5.41, 5.74) is -4.36. The lowest BCUT2D eigenvalue weighted by molar-refractivity contribution is -0.138. The van der Waals surface area contributed by atoms with Gasteiger partial charge in [0.25, 0.3) is 11.8 Å². The van der Waals surface area contributed by atoms with E-state index in [-0.39, 0.29) is 23.0 Å². The lowest BCUT2D eigenvalue weighted by Gasteiger charge is -2.44. The first-order chi connectivity index (χ1) is 16.4. The number of nitrogens with zero attached hydrogens (tertiary/aromatic N) is 4. The molecule has 1 aromatic heterocycles. The van der Waals surface area contributed by atoms with E-state index in [1.54, 1.807) is 18.7 Å². The lowest BCUT2D eigenvalue weighted by atomic mass is 9.75. The molecule has 1 atom stereocenters. The summed E-state index contributed by atoms with van der Waals surface area (Å²) < 4.78 is 55.4. The first-order valence-corrected chi connectivity index (χ1v) is 11.3. The Morgan fingerprint density at radius 1 is 1.29 bits per heavy atom. The molecule has 2 heterocycles. The number of aromatic nitrogens is 1. The molecule has 2 amide bonds. The van der Waals surface area contributed by atoms with Crippen molar-refractivity contribution >= 4 is 35.8 Å². The maximum absolute atomic E-state index is 14.9. The largest absolute Gasteiger partial charge is 0.419 e. The van der Waals surface area contributed by atoms with Crippen LogP contribution in [0.15, 0.2) is 30.5 Å². The lowest BCUT2D eigenvalue weighted by Crippen LogP contribution is -2.55. The molecule has 1 saturated carbocycles. The molecule has 12 heteroatoms. The molecule has 1 aliphatic heterocycles. The number of benzene rings is 1. The molecule has 2 aliphatic rings. The van der Waals surface area contributed by atoms with Crippen LogP contribution in [-0.2, 0) is 11.0 Å². The number of pyridine rings is 1. The van der Waals surface area contributed by atoms with Crippen LogP contribution in [0.1, 0.15) is 54.7 Å². The number of halogens is 4. The van der Waals surface area contributed by atoms with E-state index in [9.17, 15) is 27.2 Å². The molecule has 1 spiro atoms. The number of nitriles is 1. The number of anilines is 2. The third kappa shape index (κ3) is 4.07. The van der Waals surface area contributed by atoms with Crippen molar-refractivity contribution in [3.05, 3.63) is 53.1 Å². The van der Waals surface area contributed by atoms with E-state index in [4.69, 9.17) is 5.26 Å². The molecule has 0 radical (unpaired) electrons. The third-order valence-electron chi connectivity index (χ3n) is 6.18. The van der Waals surface area contributed by atoms with Crippen molar-refractivity contribution in [1.82, 2.24) is 10.3 Å². The van der Waals surface area contributed by atoms with Gasteiger partial charge in [-0.3, -0.25) is 14.5 Å². The van der Waals surface area contributed by atoms with Crippen molar-refractivity contribution in [3.63, 3.8) is 0 Å². The summed E-state index contributed by atoms with van der Waals surface area (Å²) in [5.74, 6) is -1.89. The van der Waals surface area contributed by atoms with Crippen molar-refractivity contribution in [2.45, 2.75) is 56.4 Å². The van der Waals surface area contributed by atoms with Crippen molar-refractivity contribution in [1.29, 1.82) is 5.26 Å². The molecule has 7 nitrogen and oxygen atoms in total. The van der Waals surface area contributed by atoms with Gasteiger partial charge in [0, 0.05) is 11.7 Å². The van der Waals surface area contributed by atoms with E-state index in [0.29, 0.717) is 25.3 Å². The maximum Gasteiger partial charge on any atom is 0.419 e. The summed E-state index contributed by atoms with van der Waals surface area (Å²) in [6.07, 6.45) is -2.36. The summed E-state index contributed by atoms with van der Waals surface area (Å²) in [5, 5.41) is 11.6. The Kier molecular flexibility index (Phi) is 6.17. The van der Waals surface area contributed by atoms with E-state index in [0.717, 1.165) is 17.2 Å². The number of nitrogens with one attached hydrogen (secondary N) is 1. The Morgan fingerprint density at radius 3 is 2.49 bits per heavy atom. The highest BCUT2D eigenvalue weighted by molar-refractivity contribution is 7.81. The van der Waals surface area contributed by atoms with Gasteiger partial charge in [-0.1, -0.05) is 0 Å². The zero-order valence-corrected chi connectivity index (χ0v) is 19.6. The van der Waals surface area contributed by atoms with Crippen molar-refractivity contribution in [2.75, 3.05) is 9.80 Å². The highest BCUT2D eigenvalue weighted by Crippen LogP contribution is 2.50.